The van der Waals surface area contributed by atoms with Crippen molar-refractivity contribution in [1.29, 1.82) is 0 Å². The van der Waals surface area contributed by atoms with Gasteiger partial charge in [0.15, 0.2) is 5.82 Å². The second kappa shape index (κ2) is 5.49. The van der Waals surface area contributed by atoms with Crippen molar-refractivity contribution in [3.05, 3.63) is 52.8 Å². The molecule has 0 saturated carbocycles. The highest BCUT2D eigenvalue weighted by Crippen LogP contribution is 2.24. The van der Waals surface area contributed by atoms with Gasteiger partial charge in [-0.3, -0.25) is 0 Å². The third kappa shape index (κ3) is 2.32. The lowest BCUT2D eigenvalue weighted by molar-refractivity contribution is 0.808. The van der Waals surface area contributed by atoms with Gasteiger partial charge in [-0.25, -0.2) is 9.67 Å². The Balaban J connectivity index is 2.26. The number of alkyl halides is 1. The van der Waals surface area contributed by atoms with Gasteiger partial charge in [0.1, 0.15) is 0 Å². The predicted octanol–water partition coefficient (Wildman–Crippen LogP) is 4.34. The molecule has 3 nitrogen and oxygen atoms in total. The number of hydrogen-bond acceptors (Lipinski definition) is 2. The Hall–Kier alpha value is -1.87. The van der Waals surface area contributed by atoms with Crippen molar-refractivity contribution < 1.29 is 0 Å². The number of hydrogen-bond donors (Lipinski definition) is 0. The van der Waals surface area contributed by atoms with E-state index in [0.29, 0.717) is 5.88 Å². The number of benzene rings is 1. The first-order chi connectivity index (χ1) is 10.2. The third-order valence-corrected chi connectivity index (χ3v) is 4.23. The minimum Gasteiger partial charge on any atom is -0.229 e. The first kappa shape index (κ1) is 14.1. The molecule has 3 rings (SSSR count). The number of nitrogens with zero attached hydrogens (tertiary/aromatic N) is 3. The Morgan fingerprint density at radius 1 is 1.19 bits per heavy atom. The molecule has 0 saturated heterocycles. The van der Waals surface area contributed by atoms with Crippen molar-refractivity contribution in [3.63, 3.8) is 0 Å². The summed E-state index contributed by atoms with van der Waals surface area (Å²) < 4.78 is 1.93. The average molecular weight is 300 g/mol. The van der Waals surface area contributed by atoms with Crippen LogP contribution in [0.1, 0.15) is 29.4 Å². The SMILES string of the molecule is CCc1c(C)nn(-c2cc(CCl)c3ccccc3n2)c1C. The van der Waals surface area contributed by atoms with Crippen molar-refractivity contribution in [2.75, 3.05) is 0 Å². The number of rotatable bonds is 3. The predicted molar refractivity (Wildman–Crippen MR) is 87.3 cm³/mol. The monoisotopic (exact) mass is 299 g/mol. The minimum atomic E-state index is 0.468. The zero-order valence-corrected chi connectivity index (χ0v) is 13.3. The third-order valence-electron chi connectivity index (χ3n) is 3.94. The van der Waals surface area contributed by atoms with Crippen LogP contribution < -0.4 is 0 Å². The molecule has 0 atom stereocenters. The summed E-state index contributed by atoms with van der Waals surface area (Å²) in [6.07, 6.45) is 0.980. The first-order valence-electron chi connectivity index (χ1n) is 7.15. The molecule has 0 radical (unpaired) electrons. The smallest absolute Gasteiger partial charge is 0.154 e. The Labute approximate surface area is 129 Å². The van der Waals surface area contributed by atoms with Crippen molar-refractivity contribution in [3.8, 4) is 5.82 Å². The van der Waals surface area contributed by atoms with Crippen LogP contribution >= 0.6 is 11.6 Å². The fourth-order valence-electron chi connectivity index (χ4n) is 2.86. The van der Waals surface area contributed by atoms with Gasteiger partial charge in [-0.2, -0.15) is 5.10 Å². The highest BCUT2D eigenvalue weighted by atomic mass is 35.5. The number of halogens is 1. The summed E-state index contributed by atoms with van der Waals surface area (Å²) in [6.45, 7) is 6.29. The van der Waals surface area contributed by atoms with Crippen LogP contribution in [-0.2, 0) is 12.3 Å². The van der Waals surface area contributed by atoms with Gasteiger partial charge in [0, 0.05) is 17.0 Å². The molecule has 108 valence electrons. The van der Waals surface area contributed by atoms with Gasteiger partial charge in [0.05, 0.1) is 11.2 Å². The average Bonchev–Trinajstić information content (AvgIpc) is 2.80. The molecule has 0 aliphatic rings. The summed E-state index contributed by atoms with van der Waals surface area (Å²) in [5, 5.41) is 5.75. The molecule has 0 spiro atoms. The van der Waals surface area contributed by atoms with E-state index in [-0.39, 0.29) is 0 Å². The fraction of sp³-hybridized carbons (Fsp3) is 0.294. The Kier molecular flexibility index (Phi) is 3.68. The van der Waals surface area contributed by atoms with Crippen molar-refractivity contribution in [2.45, 2.75) is 33.1 Å². The van der Waals surface area contributed by atoms with Crippen molar-refractivity contribution in [2.24, 2.45) is 0 Å². The second-order valence-corrected chi connectivity index (χ2v) is 5.47. The highest BCUT2D eigenvalue weighted by molar-refractivity contribution is 6.18. The number of pyridine rings is 1. The van der Waals surface area contributed by atoms with Gasteiger partial charge in [-0.1, -0.05) is 25.1 Å². The summed E-state index contributed by atoms with van der Waals surface area (Å²) in [4.78, 5) is 4.75. The lowest BCUT2D eigenvalue weighted by Gasteiger charge is -2.09. The fourth-order valence-corrected chi connectivity index (χ4v) is 3.08. The Morgan fingerprint density at radius 3 is 2.62 bits per heavy atom. The van der Waals surface area contributed by atoms with Crippen LogP contribution in [0.25, 0.3) is 16.7 Å². The van der Waals surface area contributed by atoms with Gasteiger partial charge in [-0.15, -0.1) is 11.6 Å². The molecule has 2 heterocycles. The largest absolute Gasteiger partial charge is 0.229 e. The van der Waals surface area contributed by atoms with E-state index in [1.54, 1.807) is 0 Å². The van der Waals surface area contributed by atoms with E-state index < -0.39 is 0 Å². The number of para-hydroxylation sites is 1. The lowest BCUT2D eigenvalue weighted by Crippen LogP contribution is -2.04. The lowest BCUT2D eigenvalue weighted by atomic mass is 10.1. The number of fused-ring (bicyclic) bond motifs is 1. The van der Waals surface area contributed by atoms with Gasteiger partial charge >= 0.3 is 0 Å². The van der Waals surface area contributed by atoms with E-state index >= 15 is 0 Å². The maximum Gasteiger partial charge on any atom is 0.154 e. The minimum absolute atomic E-state index is 0.468. The van der Waals surface area contributed by atoms with E-state index in [9.17, 15) is 0 Å². The van der Waals surface area contributed by atoms with Gasteiger partial charge < -0.3 is 0 Å². The Bertz CT molecular complexity index is 805. The summed E-state index contributed by atoms with van der Waals surface area (Å²) in [5.74, 6) is 1.31. The highest BCUT2D eigenvalue weighted by Gasteiger charge is 2.13. The van der Waals surface area contributed by atoms with Crippen LogP contribution in [0.3, 0.4) is 0 Å². The van der Waals surface area contributed by atoms with Gasteiger partial charge in [-0.05, 0) is 43.5 Å². The van der Waals surface area contributed by atoms with Crippen LogP contribution in [0, 0.1) is 13.8 Å². The molecule has 4 heteroatoms. The molecule has 3 aromatic rings. The van der Waals surface area contributed by atoms with Crippen LogP contribution in [-0.4, -0.2) is 14.8 Å². The Morgan fingerprint density at radius 2 is 1.95 bits per heavy atom. The quantitative estimate of drug-likeness (QED) is 0.674. The molecular weight excluding hydrogens is 282 g/mol. The van der Waals surface area contributed by atoms with E-state index in [2.05, 4.69) is 25.0 Å². The maximum atomic E-state index is 6.11. The standard InChI is InChI=1S/C17H18ClN3/c1-4-14-11(2)20-21(12(14)3)17-9-13(10-18)15-7-5-6-8-16(15)19-17/h5-9H,4,10H2,1-3H3. The zero-order valence-electron chi connectivity index (χ0n) is 12.5. The molecule has 1 aromatic carbocycles. The van der Waals surface area contributed by atoms with E-state index in [1.807, 2.05) is 35.9 Å². The first-order valence-corrected chi connectivity index (χ1v) is 7.69. The topological polar surface area (TPSA) is 30.7 Å². The summed E-state index contributed by atoms with van der Waals surface area (Å²) in [5.41, 5.74) is 5.55. The number of aryl methyl sites for hydroxylation is 1. The summed E-state index contributed by atoms with van der Waals surface area (Å²) in [6, 6.07) is 10.1. The summed E-state index contributed by atoms with van der Waals surface area (Å²) in [7, 11) is 0. The molecule has 0 aliphatic heterocycles. The normalized spacial score (nSPS) is 11.2. The zero-order chi connectivity index (χ0) is 15.0. The van der Waals surface area contributed by atoms with Gasteiger partial charge in [0.2, 0.25) is 0 Å². The van der Waals surface area contributed by atoms with Crippen LogP contribution in [0.5, 0.6) is 0 Å². The van der Waals surface area contributed by atoms with E-state index in [0.717, 1.165) is 40.1 Å². The molecule has 21 heavy (non-hydrogen) atoms. The van der Waals surface area contributed by atoms with Crippen LogP contribution in [0.4, 0.5) is 0 Å². The molecule has 0 aliphatic carbocycles. The molecule has 0 amide bonds. The second-order valence-electron chi connectivity index (χ2n) is 5.21. The van der Waals surface area contributed by atoms with Crippen LogP contribution in [0.15, 0.2) is 30.3 Å². The van der Waals surface area contributed by atoms with Crippen LogP contribution in [0.2, 0.25) is 0 Å². The van der Waals surface area contributed by atoms with Crippen molar-refractivity contribution >= 4 is 22.5 Å². The van der Waals surface area contributed by atoms with Crippen molar-refractivity contribution in [1.82, 2.24) is 14.8 Å². The van der Waals surface area contributed by atoms with E-state index in [1.165, 1.54) is 5.56 Å². The molecular formula is C17H18ClN3. The van der Waals surface area contributed by atoms with Gasteiger partial charge in [0.25, 0.3) is 0 Å². The molecule has 0 unspecified atom stereocenters. The maximum absolute atomic E-state index is 6.11. The van der Waals surface area contributed by atoms with E-state index in [4.69, 9.17) is 16.6 Å². The molecule has 0 N–H and O–H groups in total. The number of aromatic nitrogens is 3. The summed E-state index contributed by atoms with van der Waals surface area (Å²) >= 11 is 6.11. The molecule has 2 aromatic heterocycles. The molecule has 0 fully saturated rings. The molecule has 0 bridgehead atoms.